The van der Waals surface area contributed by atoms with Crippen molar-refractivity contribution < 1.29 is 18.6 Å². The Labute approximate surface area is 88.8 Å². The molecule has 0 radical (unpaired) electrons. The van der Waals surface area contributed by atoms with E-state index in [0.29, 0.717) is 6.61 Å². The van der Waals surface area contributed by atoms with Crippen LogP contribution >= 0.6 is 0 Å². The lowest BCUT2D eigenvalue weighted by atomic mass is 10.4. The van der Waals surface area contributed by atoms with Gasteiger partial charge in [0.25, 0.3) is 5.97 Å². The molecule has 0 aliphatic carbocycles. The van der Waals surface area contributed by atoms with Crippen LogP contribution in [0.15, 0.2) is 0 Å². The van der Waals surface area contributed by atoms with E-state index in [1.54, 1.807) is 21.3 Å². The van der Waals surface area contributed by atoms with E-state index in [1.807, 2.05) is 0 Å². The Hall–Kier alpha value is 0.0569. The Morgan fingerprint density at radius 2 is 1.79 bits per heavy atom. The molecular formula is C9H22O4Si. The molecule has 86 valence electrons. The molecule has 0 atom stereocenters. The highest BCUT2D eigenvalue weighted by molar-refractivity contribution is 6.27. The number of unbranched alkanes of at least 4 members (excludes halogenated alkanes) is 1. The fourth-order valence-electron chi connectivity index (χ4n) is 1.12. The summed E-state index contributed by atoms with van der Waals surface area (Å²) < 4.78 is 21.0. The van der Waals surface area contributed by atoms with Crippen molar-refractivity contribution in [3.63, 3.8) is 0 Å². The summed E-state index contributed by atoms with van der Waals surface area (Å²) in [7, 11) is 4.16. The van der Waals surface area contributed by atoms with Crippen molar-refractivity contribution in [1.82, 2.24) is 0 Å². The zero-order chi connectivity index (χ0) is 10.9. The van der Waals surface area contributed by atoms with Crippen molar-refractivity contribution in [2.24, 2.45) is 0 Å². The summed E-state index contributed by atoms with van der Waals surface area (Å²) in [5.41, 5.74) is 0. The quantitative estimate of drug-likeness (QED) is 0.330. The van der Waals surface area contributed by atoms with E-state index in [-0.39, 0.29) is 0 Å². The summed E-state index contributed by atoms with van der Waals surface area (Å²) in [6, 6.07) is 1.15. The predicted octanol–water partition coefficient (Wildman–Crippen LogP) is 0.898. The largest absolute Gasteiger partial charge is 0.376 e. The predicted molar refractivity (Wildman–Crippen MR) is 58.0 cm³/mol. The van der Waals surface area contributed by atoms with Gasteiger partial charge < -0.3 is 18.6 Å². The van der Waals surface area contributed by atoms with Crippen LogP contribution in [0.1, 0.15) is 19.8 Å². The van der Waals surface area contributed by atoms with Crippen LogP contribution in [0.5, 0.6) is 0 Å². The van der Waals surface area contributed by atoms with Crippen molar-refractivity contribution in [1.29, 1.82) is 0 Å². The Bertz CT molecular complexity index is 128. The highest BCUT2D eigenvalue weighted by Crippen LogP contribution is 2.13. The fourth-order valence-corrected chi connectivity index (χ4v) is 2.60. The van der Waals surface area contributed by atoms with Crippen LogP contribution in [0, 0.1) is 0 Å². The SMILES string of the molecule is CCCC[SiH2]OC(COC)(OC)OC. The lowest BCUT2D eigenvalue weighted by Gasteiger charge is -2.29. The van der Waals surface area contributed by atoms with Gasteiger partial charge in [-0.2, -0.15) is 0 Å². The van der Waals surface area contributed by atoms with Crippen LogP contribution in [-0.4, -0.2) is 43.7 Å². The summed E-state index contributed by atoms with van der Waals surface area (Å²) in [6.07, 6.45) is 2.41. The normalized spacial score (nSPS) is 12.9. The van der Waals surface area contributed by atoms with Gasteiger partial charge in [-0.05, 0) is 6.04 Å². The number of hydrogen-bond acceptors (Lipinski definition) is 4. The van der Waals surface area contributed by atoms with Gasteiger partial charge in [-0.3, -0.25) is 0 Å². The van der Waals surface area contributed by atoms with Gasteiger partial charge in [0, 0.05) is 21.3 Å². The molecule has 0 saturated carbocycles. The topological polar surface area (TPSA) is 36.9 Å². The minimum atomic E-state index is -0.977. The van der Waals surface area contributed by atoms with Gasteiger partial charge in [0.2, 0.25) is 0 Å². The standard InChI is InChI=1S/C9H22O4Si/c1-5-6-7-14-13-9(11-3,12-4)8-10-2/h5-8,14H2,1-4H3. The van der Waals surface area contributed by atoms with Crippen LogP contribution in [-0.2, 0) is 18.6 Å². The second-order valence-electron chi connectivity index (χ2n) is 3.08. The lowest BCUT2D eigenvalue weighted by molar-refractivity contribution is -0.339. The molecule has 0 aromatic rings. The molecule has 0 rings (SSSR count). The first-order valence-corrected chi connectivity index (χ1v) is 6.55. The van der Waals surface area contributed by atoms with Crippen molar-refractivity contribution in [3.05, 3.63) is 0 Å². The minimum Gasteiger partial charge on any atom is -0.376 e. The van der Waals surface area contributed by atoms with E-state index in [4.69, 9.17) is 18.6 Å². The minimum absolute atomic E-state index is 0.305. The van der Waals surface area contributed by atoms with Gasteiger partial charge in [0.1, 0.15) is 6.61 Å². The van der Waals surface area contributed by atoms with E-state index in [9.17, 15) is 0 Å². The van der Waals surface area contributed by atoms with Gasteiger partial charge in [-0.1, -0.05) is 19.8 Å². The second-order valence-corrected chi connectivity index (χ2v) is 4.48. The molecule has 0 saturated heterocycles. The molecular weight excluding hydrogens is 200 g/mol. The van der Waals surface area contributed by atoms with E-state index in [1.165, 1.54) is 12.8 Å². The third kappa shape index (κ3) is 5.07. The zero-order valence-electron chi connectivity index (χ0n) is 9.67. The molecule has 0 aliphatic heterocycles. The van der Waals surface area contributed by atoms with E-state index in [0.717, 1.165) is 6.04 Å². The van der Waals surface area contributed by atoms with Crippen molar-refractivity contribution in [3.8, 4) is 0 Å². The van der Waals surface area contributed by atoms with Gasteiger partial charge in [-0.15, -0.1) is 0 Å². The first kappa shape index (κ1) is 14.1. The van der Waals surface area contributed by atoms with Gasteiger partial charge in [-0.25, -0.2) is 0 Å². The fraction of sp³-hybridized carbons (Fsp3) is 1.00. The summed E-state index contributed by atoms with van der Waals surface area (Å²) in [5.74, 6) is -0.977. The first-order valence-electron chi connectivity index (χ1n) is 4.98. The zero-order valence-corrected chi connectivity index (χ0v) is 11.1. The van der Waals surface area contributed by atoms with Gasteiger partial charge in [0.05, 0.1) is 0 Å². The van der Waals surface area contributed by atoms with Gasteiger partial charge in [0.15, 0.2) is 9.76 Å². The molecule has 5 heteroatoms. The molecule has 0 heterocycles. The summed E-state index contributed by atoms with van der Waals surface area (Å²) in [5, 5.41) is 0. The average Bonchev–Trinajstić information content (AvgIpc) is 2.23. The van der Waals surface area contributed by atoms with Crippen molar-refractivity contribution in [2.45, 2.75) is 31.8 Å². The third-order valence-corrected chi connectivity index (χ3v) is 3.45. The molecule has 0 fully saturated rings. The Balaban J connectivity index is 3.82. The number of rotatable bonds is 9. The average molecular weight is 222 g/mol. The number of hydrogen-bond donors (Lipinski definition) is 0. The van der Waals surface area contributed by atoms with Crippen LogP contribution in [0.4, 0.5) is 0 Å². The van der Waals surface area contributed by atoms with Crippen LogP contribution in [0.2, 0.25) is 6.04 Å². The molecule has 0 bridgehead atoms. The van der Waals surface area contributed by atoms with Crippen molar-refractivity contribution in [2.75, 3.05) is 27.9 Å². The molecule has 0 amide bonds. The maximum absolute atomic E-state index is 5.64. The van der Waals surface area contributed by atoms with E-state index >= 15 is 0 Å². The molecule has 0 unspecified atom stereocenters. The van der Waals surface area contributed by atoms with Gasteiger partial charge >= 0.3 is 0 Å². The molecule has 0 spiro atoms. The van der Waals surface area contributed by atoms with E-state index < -0.39 is 15.7 Å². The molecule has 0 aromatic heterocycles. The summed E-state index contributed by atoms with van der Waals surface area (Å²) in [6.45, 7) is 2.47. The molecule has 0 aromatic carbocycles. The highest BCUT2D eigenvalue weighted by Gasteiger charge is 2.30. The van der Waals surface area contributed by atoms with Crippen LogP contribution in [0.25, 0.3) is 0 Å². The second kappa shape index (κ2) is 8.37. The van der Waals surface area contributed by atoms with E-state index in [2.05, 4.69) is 6.92 Å². The molecule has 0 aliphatic rings. The lowest BCUT2D eigenvalue weighted by Crippen LogP contribution is -2.42. The number of methoxy groups -OCH3 is 3. The number of ether oxygens (including phenoxy) is 3. The smallest absolute Gasteiger partial charge is 0.297 e. The molecule has 14 heavy (non-hydrogen) atoms. The monoisotopic (exact) mass is 222 g/mol. The highest BCUT2D eigenvalue weighted by atomic mass is 28.2. The third-order valence-electron chi connectivity index (χ3n) is 2.01. The Morgan fingerprint density at radius 1 is 1.14 bits per heavy atom. The summed E-state index contributed by atoms with van der Waals surface area (Å²) >= 11 is 0. The summed E-state index contributed by atoms with van der Waals surface area (Å²) in [4.78, 5) is 0. The van der Waals surface area contributed by atoms with Crippen LogP contribution in [0.3, 0.4) is 0 Å². The first-order chi connectivity index (χ1) is 6.74. The molecule has 0 N–H and O–H groups in total. The van der Waals surface area contributed by atoms with Crippen molar-refractivity contribution >= 4 is 9.76 Å². The maximum Gasteiger partial charge on any atom is 0.297 e. The Morgan fingerprint density at radius 3 is 2.21 bits per heavy atom. The van der Waals surface area contributed by atoms with Crippen LogP contribution < -0.4 is 0 Å². The maximum atomic E-state index is 5.64. The molecule has 4 nitrogen and oxygen atoms in total. The Kier molecular flexibility index (Phi) is 8.41.